The molecule has 2 rings (SSSR count). The Labute approximate surface area is 145 Å². The minimum absolute atomic E-state index is 0.324. The van der Waals surface area contributed by atoms with E-state index in [1.807, 2.05) is 18.2 Å². The Kier molecular flexibility index (Phi) is 6.41. The number of ether oxygens (including phenoxy) is 1. The van der Waals surface area contributed by atoms with Crippen LogP contribution in [-0.4, -0.2) is 17.8 Å². The maximum atomic E-state index is 12.2. The van der Waals surface area contributed by atoms with Crippen molar-refractivity contribution in [2.75, 3.05) is 5.32 Å². The fraction of sp³-hybridized carbons (Fsp3) is 0.188. The van der Waals surface area contributed by atoms with Gasteiger partial charge in [0, 0.05) is 10.6 Å². The lowest BCUT2D eigenvalue weighted by molar-refractivity contribution is -0.122. The fourth-order valence-corrected chi connectivity index (χ4v) is 2.63. The van der Waals surface area contributed by atoms with E-state index < -0.39 is 11.9 Å². The molecule has 7 heteroatoms. The van der Waals surface area contributed by atoms with Crippen LogP contribution in [0.15, 0.2) is 57.9 Å². The van der Waals surface area contributed by atoms with E-state index >= 15 is 0 Å². The highest BCUT2D eigenvalue weighted by Crippen LogP contribution is 2.27. The van der Waals surface area contributed by atoms with Gasteiger partial charge in [-0.15, -0.1) is 0 Å². The maximum Gasteiger partial charge on any atom is 0.288 e. The fourth-order valence-electron chi connectivity index (χ4n) is 1.75. The van der Waals surface area contributed by atoms with Gasteiger partial charge >= 0.3 is 0 Å². The van der Waals surface area contributed by atoms with Crippen LogP contribution < -0.4 is 10.1 Å². The maximum absolute atomic E-state index is 12.2. The van der Waals surface area contributed by atoms with Crippen molar-refractivity contribution in [2.24, 2.45) is 0 Å². The van der Waals surface area contributed by atoms with Gasteiger partial charge in [0.1, 0.15) is 5.75 Å². The van der Waals surface area contributed by atoms with Crippen molar-refractivity contribution in [3.8, 4) is 5.75 Å². The second-order valence-electron chi connectivity index (χ2n) is 4.58. The van der Waals surface area contributed by atoms with Crippen molar-refractivity contribution in [1.29, 1.82) is 0 Å². The van der Waals surface area contributed by atoms with Gasteiger partial charge in [0.2, 0.25) is 0 Å². The molecule has 3 nitrogen and oxygen atoms in total. The van der Waals surface area contributed by atoms with E-state index in [0.717, 1.165) is 4.47 Å². The monoisotopic (exact) mass is 401 g/mol. The average molecular weight is 402 g/mol. The number of alkyl halides is 2. The SMILES string of the molecule is C[C@H](Oc1ccccc1Br)C(=O)Nc1ccc(SC(F)F)cc1. The van der Waals surface area contributed by atoms with Gasteiger partial charge in [0.05, 0.1) is 4.47 Å². The van der Waals surface area contributed by atoms with Crippen molar-refractivity contribution in [1.82, 2.24) is 0 Å². The number of anilines is 1. The summed E-state index contributed by atoms with van der Waals surface area (Å²) in [6.45, 7) is 1.63. The summed E-state index contributed by atoms with van der Waals surface area (Å²) in [5.74, 6) is -2.22. The minimum atomic E-state index is -2.46. The highest BCUT2D eigenvalue weighted by Gasteiger charge is 2.16. The van der Waals surface area contributed by atoms with Crippen LogP contribution in [0.1, 0.15) is 6.92 Å². The number of carbonyl (C=O) groups excluding carboxylic acids is 1. The summed E-state index contributed by atoms with van der Waals surface area (Å²) in [5, 5.41) is 2.69. The molecule has 23 heavy (non-hydrogen) atoms. The van der Waals surface area contributed by atoms with Crippen LogP contribution >= 0.6 is 27.7 Å². The predicted molar refractivity (Wildman–Crippen MR) is 91.2 cm³/mol. The Morgan fingerprint density at radius 2 is 1.83 bits per heavy atom. The molecule has 0 saturated heterocycles. The van der Waals surface area contributed by atoms with Gasteiger partial charge < -0.3 is 10.1 Å². The largest absolute Gasteiger partial charge is 0.480 e. The normalized spacial score (nSPS) is 12.0. The molecule has 0 aromatic heterocycles. The first-order valence-electron chi connectivity index (χ1n) is 6.72. The molecule has 0 bridgehead atoms. The van der Waals surface area contributed by atoms with E-state index in [1.54, 1.807) is 25.1 Å². The number of halogens is 3. The molecule has 0 aliphatic carbocycles. The summed E-state index contributed by atoms with van der Waals surface area (Å²) in [4.78, 5) is 12.6. The Morgan fingerprint density at radius 1 is 1.17 bits per heavy atom. The number of thioether (sulfide) groups is 1. The number of nitrogens with one attached hydrogen (secondary N) is 1. The van der Waals surface area contributed by atoms with Crippen LogP contribution in [0, 0.1) is 0 Å². The van der Waals surface area contributed by atoms with Crippen LogP contribution in [0.3, 0.4) is 0 Å². The highest BCUT2D eigenvalue weighted by atomic mass is 79.9. The third-order valence-corrected chi connectivity index (χ3v) is 4.23. The predicted octanol–water partition coefficient (Wildman–Crippen LogP) is 5.17. The first-order valence-corrected chi connectivity index (χ1v) is 8.40. The van der Waals surface area contributed by atoms with E-state index in [2.05, 4.69) is 21.2 Å². The molecule has 122 valence electrons. The lowest BCUT2D eigenvalue weighted by Crippen LogP contribution is -2.30. The zero-order chi connectivity index (χ0) is 16.8. The van der Waals surface area contributed by atoms with Gasteiger partial charge in [-0.25, -0.2) is 0 Å². The Hall–Kier alpha value is -1.60. The van der Waals surface area contributed by atoms with Crippen LogP contribution in [0.25, 0.3) is 0 Å². The molecule has 2 aromatic rings. The number of amides is 1. The van der Waals surface area contributed by atoms with Crippen LogP contribution in [0.5, 0.6) is 5.75 Å². The van der Waals surface area contributed by atoms with Gasteiger partial charge in [-0.2, -0.15) is 8.78 Å². The summed E-state index contributed by atoms with van der Waals surface area (Å²) in [7, 11) is 0. The minimum Gasteiger partial charge on any atom is -0.480 e. The van der Waals surface area contributed by atoms with Crippen molar-refractivity contribution in [2.45, 2.75) is 23.7 Å². The second-order valence-corrected chi connectivity index (χ2v) is 6.50. The first-order chi connectivity index (χ1) is 11.0. The molecular weight excluding hydrogens is 388 g/mol. The van der Waals surface area contributed by atoms with Crippen molar-refractivity contribution >= 4 is 39.3 Å². The molecule has 1 atom stereocenters. The van der Waals surface area contributed by atoms with Crippen LogP contribution in [0.2, 0.25) is 0 Å². The Morgan fingerprint density at radius 3 is 2.43 bits per heavy atom. The van der Waals surface area contributed by atoms with Gasteiger partial charge in [0.25, 0.3) is 11.7 Å². The topological polar surface area (TPSA) is 38.3 Å². The molecule has 1 N–H and O–H groups in total. The third-order valence-electron chi connectivity index (χ3n) is 2.86. The standard InChI is InChI=1S/C16H14BrF2NO2S/c1-10(22-14-5-3-2-4-13(14)17)15(21)20-11-6-8-12(9-7-11)23-16(18)19/h2-10,16H,1H3,(H,20,21)/t10-/m0/s1. The molecular formula is C16H14BrF2NO2S. The van der Waals surface area contributed by atoms with Gasteiger partial charge in [-0.3, -0.25) is 4.79 Å². The summed E-state index contributed by atoms with van der Waals surface area (Å²) < 4.78 is 30.8. The number of hydrogen-bond donors (Lipinski definition) is 1. The molecule has 0 spiro atoms. The number of benzene rings is 2. The number of para-hydroxylation sites is 1. The van der Waals surface area contributed by atoms with E-state index in [1.165, 1.54) is 12.1 Å². The van der Waals surface area contributed by atoms with Gasteiger partial charge in [-0.1, -0.05) is 23.9 Å². The van der Waals surface area contributed by atoms with Crippen molar-refractivity contribution < 1.29 is 18.3 Å². The lowest BCUT2D eigenvalue weighted by Gasteiger charge is -2.15. The zero-order valence-corrected chi connectivity index (χ0v) is 14.5. The Bertz CT molecular complexity index is 667. The molecule has 0 unspecified atom stereocenters. The van der Waals surface area contributed by atoms with Crippen LogP contribution in [-0.2, 0) is 4.79 Å². The average Bonchev–Trinajstić information content (AvgIpc) is 2.51. The van der Waals surface area contributed by atoms with Gasteiger partial charge in [0.15, 0.2) is 6.10 Å². The highest BCUT2D eigenvalue weighted by molar-refractivity contribution is 9.10. The Balaban J connectivity index is 1.94. The summed E-state index contributed by atoms with van der Waals surface area (Å²) in [6.07, 6.45) is -0.705. The van der Waals surface area contributed by atoms with Crippen molar-refractivity contribution in [3.05, 3.63) is 53.0 Å². The molecule has 0 heterocycles. The van der Waals surface area contributed by atoms with E-state index in [-0.39, 0.29) is 5.91 Å². The molecule has 0 saturated carbocycles. The zero-order valence-electron chi connectivity index (χ0n) is 12.1. The molecule has 0 aliphatic rings. The molecule has 0 aliphatic heterocycles. The smallest absolute Gasteiger partial charge is 0.288 e. The van der Waals surface area contributed by atoms with Crippen molar-refractivity contribution in [3.63, 3.8) is 0 Å². The quantitative estimate of drug-likeness (QED) is 0.678. The van der Waals surface area contributed by atoms with E-state index in [0.29, 0.717) is 28.1 Å². The van der Waals surface area contributed by atoms with E-state index in [9.17, 15) is 13.6 Å². The third kappa shape index (κ3) is 5.51. The number of carbonyl (C=O) groups is 1. The van der Waals surface area contributed by atoms with E-state index in [4.69, 9.17) is 4.74 Å². The summed E-state index contributed by atoms with van der Waals surface area (Å²) in [6, 6.07) is 13.5. The first kappa shape index (κ1) is 17.7. The molecule has 1 amide bonds. The number of rotatable bonds is 6. The second kappa shape index (κ2) is 8.31. The van der Waals surface area contributed by atoms with Gasteiger partial charge in [-0.05, 0) is 59.3 Å². The summed E-state index contributed by atoms with van der Waals surface area (Å²) in [5.41, 5.74) is 0.524. The molecule has 0 radical (unpaired) electrons. The molecule has 0 fully saturated rings. The van der Waals surface area contributed by atoms with Crippen LogP contribution in [0.4, 0.5) is 14.5 Å². The summed E-state index contributed by atoms with van der Waals surface area (Å²) >= 11 is 3.81. The lowest BCUT2D eigenvalue weighted by atomic mass is 10.3. The molecule has 2 aromatic carbocycles. The number of hydrogen-bond acceptors (Lipinski definition) is 3.